The zero-order chi connectivity index (χ0) is 14.7. The fourth-order valence-electron chi connectivity index (χ4n) is 2.23. The summed E-state index contributed by atoms with van der Waals surface area (Å²) in [5.74, 6) is 0.835. The molecular weight excluding hydrogens is 328 g/mol. The van der Waals surface area contributed by atoms with Crippen molar-refractivity contribution in [2.45, 2.75) is 5.33 Å². The lowest BCUT2D eigenvalue weighted by Crippen LogP contribution is -1.94. The Balaban J connectivity index is 2.08. The zero-order valence-corrected chi connectivity index (χ0v) is 13.2. The predicted octanol–water partition coefficient (Wildman–Crippen LogP) is 4.44. The molecule has 0 N–H and O–H groups in total. The molecule has 2 aromatic carbocycles. The van der Waals surface area contributed by atoms with E-state index in [2.05, 4.69) is 22.1 Å². The minimum atomic E-state index is 0.756. The number of aromatic nitrogens is 2. The second-order valence-corrected chi connectivity index (χ2v) is 5.21. The fraction of sp³-hybridized carbons (Fsp3) is 0.118. The van der Waals surface area contributed by atoms with Crippen molar-refractivity contribution in [1.29, 1.82) is 0 Å². The number of para-hydroxylation sites is 1. The van der Waals surface area contributed by atoms with Crippen molar-refractivity contribution >= 4 is 15.9 Å². The van der Waals surface area contributed by atoms with Crippen LogP contribution in [0.25, 0.3) is 16.9 Å². The van der Waals surface area contributed by atoms with E-state index in [0.29, 0.717) is 0 Å². The van der Waals surface area contributed by atoms with Crippen molar-refractivity contribution in [3.63, 3.8) is 0 Å². The van der Waals surface area contributed by atoms with Gasteiger partial charge < -0.3 is 4.74 Å². The molecule has 0 saturated carbocycles. The molecule has 0 unspecified atom stereocenters. The van der Waals surface area contributed by atoms with E-state index >= 15 is 0 Å². The quantitative estimate of drug-likeness (QED) is 0.655. The van der Waals surface area contributed by atoms with Gasteiger partial charge in [-0.1, -0.05) is 46.3 Å². The molecule has 106 valence electrons. The summed E-state index contributed by atoms with van der Waals surface area (Å²) in [4.78, 5) is 0. The van der Waals surface area contributed by atoms with Crippen LogP contribution in [0.15, 0.2) is 60.8 Å². The topological polar surface area (TPSA) is 27.1 Å². The van der Waals surface area contributed by atoms with Crippen LogP contribution in [0, 0.1) is 0 Å². The van der Waals surface area contributed by atoms with E-state index in [-0.39, 0.29) is 0 Å². The smallest absolute Gasteiger partial charge is 0.119 e. The van der Waals surface area contributed by atoms with Crippen molar-refractivity contribution in [2.75, 3.05) is 7.11 Å². The number of hydrogen-bond acceptors (Lipinski definition) is 2. The van der Waals surface area contributed by atoms with E-state index in [1.54, 1.807) is 7.11 Å². The van der Waals surface area contributed by atoms with E-state index < -0.39 is 0 Å². The Hall–Kier alpha value is -2.07. The highest BCUT2D eigenvalue weighted by Gasteiger charge is 2.11. The molecule has 4 heteroatoms. The number of methoxy groups -OCH3 is 1. The maximum atomic E-state index is 5.29. The third-order valence-corrected chi connectivity index (χ3v) is 3.90. The van der Waals surface area contributed by atoms with Gasteiger partial charge in [0.2, 0.25) is 0 Å². The number of ether oxygens (including phenoxy) is 1. The molecular formula is C17H15BrN2O. The molecule has 0 spiro atoms. The largest absolute Gasteiger partial charge is 0.497 e. The van der Waals surface area contributed by atoms with Crippen LogP contribution >= 0.6 is 15.9 Å². The molecule has 0 radical (unpaired) electrons. The van der Waals surface area contributed by atoms with Gasteiger partial charge in [-0.15, -0.1) is 0 Å². The first-order valence-corrected chi connectivity index (χ1v) is 7.78. The van der Waals surface area contributed by atoms with Gasteiger partial charge in [-0.3, -0.25) is 0 Å². The molecule has 3 nitrogen and oxygen atoms in total. The van der Waals surface area contributed by atoms with E-state index in [1.807, 2.05) is 59.3 Å². The van der Waals surface area contributed by atoms with Crippen LogP contribution in [-0.4, -0.2) is 16.9 Å². The lowest BCUT2D eigenvalue weighted by Gasteiger charge is -2.03. The predicted molar refractivity (Wildman–Crippen MR) is 88.2 cm³/mol. The number of benzene rings is 2. The maximum Gasteiger partial charge on any atom is 0.119 e. The zero-order valence-electron chi connectivity index (χ0n) is 11.7. The Kier molecular flexibility index (Phi) is 4.06. The molecule has 0 fully saturated rings. The summed E-state index contributed by atoms with van der Waals surface area (Å²) < 4.78 is 7.20. The SMILES string of the molecule is COc1cccc(-c2nn(-c3ccccc3)cc2CBr)c1. The summed E-state index contributed by atoms with van der Waals surface area (Å²) in [5.41, 5.74) is 4.22. The van der Waals surface area contributed by atoms with Crippen LogP contribution < -0.4 is 4.74 Å². The van der Waals surface area contributed by atoms with Gasteiger partial charge in [0.25, 0.3) is 0 Å². The van der Waals surface area contributed by atoms with Crippen LogP contribution in [0.3, 0.4) is 0 Å². The second kappa shape index (κ2) is 6.14. The Morgan fingerprint density at radius 2 is 1.90 bits per heavy atom. The molecule has 0 bridgehead atoms. The van der Waals surface area contributed by atoms with Gasteiger partial charge >= 0.3 is 0 Å². The van der Waals surface area contributed by atoms with Gasteiger partial charge in [0.15, 0.2) is 0 Å². The molecule has 21 heavy (non-hydrogen) atoms. The molecule has 3 rings (SSSR count). The number of nitrogens with zero attached hydrogens (tertiary/aromatic N) is 2. The molecule has 0 aliphatic carbocycles. The van der Waals surface area contributed by atoms with Crippen molar-refractivity contribution in [1.82, 2.24) is 9.78 Å². The van der Waals surface area contributed by atoms with Crippen molar-refractivity contribution in [3.8, 4) is 22.7 Å². The third-order valence-electron chi connectivity index (χ3n) is 3.30. The lowest BCUT2D eigenvalue weighted by atomic mass is 10.1. The summed E-state index contributed by atoms with van der Waals surface area (Å²) >= 11 is 3.54. The molecule has 0 aliphatic rings. The van der Waals surface area contributed by atoms with Gasteiger partial charge in [0.05, 0.1) is 18.5 Å². The molecule has 3 aromatic rings. The van der Waals surface area contributed by atoms with E-state index in [4.69, 9.17) is 9.84 Å². The number of alkyl halides is 1. The van der Waals surface area contributed by atoms with E-state index in [1.165, 1.54) is 0 Å². The summed E-state index contributed by atoms with van der Waals surface area (Å²) in [6.45, 7) is 0. The minimum Gasteiger partial charge on any atom is -0.497 e. The van der Waals surface area contributed by atoms with E-state index in [0.717, 1.165) is 33.6 Å². The first-order valence-electron chi connectivity index (χ1n) is 6.66. The van der Waals surface area contributed by atoms with Crippen LogP contribution in [0.5, 0.6) is 5.75 Å². The van der Waals surface area contributed by atoms with Crippen molar-refractivity contribution < 1.29 is 4.74 Å². The molecule has 1 heterocycles. The summed E-state index contributed by atoms with van der Waals surface area (Å²) in [7, 11) is 1.67. The van der Waals surface area contributed by atoms with Gasteiger partial charge in [-0.2, -0.15) is 5.10 Å². The number of hydrogen-bond donors (Lipinski definition) is 0. The molecule has 0 aliphatic heterocycles. The van der Waals surface area contributed by atoms with Gasteiger partial charge in [0.1, 0.15) is 5.75 Å². The number of rotatable bonds is 4. The number of halogens is 1. The Bertz CT molecular complexity index is 738. The van der Waals surface area contributed by atoms with E-state index in [9.17, 15) is 0 Å². The van der Waals surface area contributed by atoms with Gasteiger partial charge in [-0.25, -0.2) is 4.68 Å². The Morgan fingerprint density at radius 3 is 2.62 bits per heavy atom. The standard InChI is InChI=1S/C17H15BrN2O/c1-21-16-9-5-6-13(10-16)17-14(11-18)12-20(19-17)15-7-3-2-4-8-15/h2-10,12H,11H2,1H3. The van der Waals surface area contributed by atoms with Crippen LogP contribution in [-0.2, 0) is 5.33 Å². The highest BCUT2D eigenvalue weighted by molar-refractivity contribution is 9.08. The minimum absolute atomic E-state index is 0.756. The van der Waals surface area contributed by atoms with Crippen molar-refractivity contribution in [3.05, 3.63) is 66.4 Å². The normalized spacial score (nSPS) is 10.6. The monoisotopic (exact) mass is 342 g/mol. The van der Waals surface area contributed by atoms with Gasteiger partial charge in [-0.05, 0) is 24.3 Å². The van der Waals surface area contributed by atoms with Gasteiger partial charge in [0, 0.05) is 22.7 Å². The average molecular weight is 343 g/mol. The summed E-state index contributed by atoms with van der Waals surface area (Å²) in [6.07, 6.45) is 2.05. The van der Waals surface area contributed by atoms with Crippen LogP contribution in [0.1, 0.15) is 5.56 Å². The second-order valence-electron chi connectivity index (χ2n) is 4.65. The Labute approximate surface area is 132 Å². The molecule has 1 aromatic heterocycles. The average Bonchev–Trinajstić information content (AvgIpc) is 3.00. The molecule has 0 saturated heterocycles. The van der Waals surface area contributed by atoms with Crippen molar-refractivity contribution in [2.24, 2.45) is 0 Å². The fourth-order valence-corrected chi connectivity index (χ4v) is 2.64. The lowest BCUT2D eigenvalue weighted by molar-refractivity contribution is 0.415. The molecule has 0 amide bonds. The molecule has 0 atom stereocenters. The highest BCUT2D eigenvalue weighted by atomic mass is 79.9. The first-order chi connectivity index (χ1) is 10.3. The first kappa shape index (κ1) is 13.9. The van der Waals surface area contributed by atoms with Crippen LogP contribution in [0.4, 0.5) is 0 Å². The summed E-state index contributed by atoms with van der Waals surface area (Å²) in [5, 5.41) is 5.48. The highest BCUT2D eigenvalue weighted by Crippen LogP contribution is 2.28. The summed E-state index contributed by atoms with van der Waals surface area (Å²) in [6, 6.07) is 18.1. The maximum absolute atomic E-state index is 5.29. The third kappa shape index (κ3) is 2.85. The Morgan fingerprint density at radius 1 is 1.10 bits per heavy atom. The van der Waals surface area contributed by atoms with Crippen LogP contribution in [0.2, 0.25) is 0 Å².